The Bertz CT molecular complexity index is 2050. The van der Waals surface area contributed by atoms with Crippen LogP contribution in [0.25, 0.3) is 11.0 Å². The molecular formula is C37H34N6O5S. The van der Waals surface area contributed by atoms with Crippen molar-refractivity contribution in [3.05, 3.63) is 152 Å². The first-order chi connectivity index (χ1) is 23.7. The first kappa shape index (κ1) is 32.9. The van der Waals surface area contributed by atoms with E-state index in [1.54, 1.807) is 18.3 Å². The Kier molecular flexibility index (Phi) is 9.67. The normalized spacial score (nSPS) is 12.0. The van der Waals surface area contributed by atoms with E-state index in [-0.39, 0.29) is 30.3 Å². The molecule has 0 aliphatic carbocycles. The summed E-state index contributed by atoms with van der Waals surface area (Å²) in [5.41, 5.74) is 7.96. The number of nitrogen functional groups attached to an aromatic ring is 1. The Morgan fingerprint density at radius 3 is 2.02 bits per heavy atom. The van der Waals surface area contributed by atoms with Crippen LogP contribution in [0, 0.1) is 0 Å². The second-order valence-corrected chi connectivity index (χ2v) is 12.7. The zero-order valence-corrected chi connectivity index (χ0v) is 27.1. The topological polar surface area (TPSA) is 183 Å². The first-order valence-corrected chi connectivity index (χ1v) is 16.5. The summed E-state index contributed by atoms with van der Waals surface area (Å²) < 4.78 is 0. The van der Waals surface area contributed by atoms with E-state index in [1.165, 1.54) is 11.3 Å². The van der Waals surface area contributed by atoms with Gasteiger partial charge in [0.1, 0.15) is 17.2 Å². The van der Waals surface area contributed by atoms with Gasteiger partial charge in [-0.2, -0.15) is 4.98 Å². The highest BCUT2D eigenvalue weighted by atomic mass is 32.1. The molecule has 3 aromatic carbocycles. The maximum atomic E-state index is 13.7. The molecule has 0 bridgehead atoms. The SMILES string of the molecule is Nc1nc2[nH]cc(CCc3ccc(C(=O)N[C@@H](CCC(=O)NC(c4ccccc4)(c4ccccc4)c4ccccc4)C(=O)O)s3)c2c(=O)[nH]1. The number of nitrogens with one attached hydrogen (secondary N) is 4. The van der Waals surface area contributed by atoms with Gasteiger partial charge in [0, 0.05) is 17.5 Å². The van der Waals surface area contributed by atoms with E-state index in [0.29, 0.717) is 28.8 Å². The van der Waals surface area contributed by atoms with Gasteiger partial charge in [-0.25, -0.2) is 4.79 Å². The predicted molar refractivity (Wildman–Crippen MR) is 188 cm³/mol. The fraction of sp³-hybridized carbons (Fsp3) is 0.162. The van der Waals surface area contributed by atoms with Crippen LogP contribution in [0.1, 0.15) is 49.6 Å². The molecule has 6 rings (SSSR count). The molecular weight excluding hydrogens is 641 g/mol. The number of fused-ring (bicyclic) bond motifs is 1. The summed E-state index contributed by atoms with van der Waals surface area (Å²) in [7, 11) is 0. The number of amides is 2. The first-order valence-electron chi connectivity index (χ1n) is 15.7. The van der Waals surface area contributed by atoms with Crippen LogP contribution >= 0.6 is 11.3 Å². The Balaban J connectivity index is 1.13. The maximum Gasteiger partial charge on any atom is 0.326 e. The van der Waals surface area contributed by atoms with Crippen molar-refractivity contribution >= 4 is 46.1 Å². The summed E-state index contributed by atoms with van der Waals surface area (Å²) in [6.45, 7) is 0. The largest absolute Gasteiger partial charge is 0.480 e. The van der Waals surface area contributed by atoms with E-state index in [4.69, 9.17) is 5.73 Å². The molecule has 0 fully saturated rings. The van der Waals surface area contributed by atoms with Crippen LogP contribution < -0.4 is 21.9 Å². The number of nitrogens with two attached hydrogens (primary N) is 1. The van der Waals surface area contributed by atoms with Gasteiger partial charge in [-0.05, 0) is 53.6 Å². The van der Waals surface area contributed by atoms with Crippen LogP contribution in [-0.4, -0.2) is 43.9 Å². The van der Waals surface area contributed by atoms with Crippen molar-refractivity contribution in [3.8, 4) is 0 Å². The van der Waals surface area contributed by atoms with E-state index < -0.39 is 23.5 Å². The number of H-pyrrole nitrogens is 2. The Hall–Kier alpha value is -6.01. The molecule has 0 saturated heterocycles. The van der Waals surface area contributed by atoms with Gasteiger partial charge in [0.05, 0.1) is 10.3 Å². The molecule has 49 heavy (non-hydrogen) atoms. The number of aromatic amines is 2. The van der Waals surface area contributed by atoms with Gasteiger partial charge in [0.25, 0.3) is 11.5 Å². The molecule has 11 nitrogen and oxygen atoms in total. The van der Waals surface area contributed by atoms with Gasteiger partial charge < -0.3 is 26.5 Å². The molecule has 0 spiro atoms. The van der Waals surface area contributed by atoms with Crippen LogP contribution in [0.2, 0.25) is 0 Å². The molecule has 1 atom stereocenters. The number of aryl methyl sites for hydroxylation is 2. The quantitative estimate of drug-likeness (QED) is 0.0955. The van der Waals surface area contributed by atoms with Crippen molar-refractivity contribution in [2.24, 2.45) is 0 Å². The number of rotatable bonds is 13. The van der Waals surface area contributed by atoms with Gasteiger partial charge in [-0.1, -0.05) is 91.0 Å². The summed E-state index contributed by atoms with van der Waals surface area (Å²) in [4.78, 5) is 62.3. The second kappa shape index (κ2) is 14.4. The smallest absolute Gasteiger partial charge is 0.326 e. The van der Waals surface area contributed by atoms with Gasteiger partial charge >= 0.3 is 5.97 Å². The number of carboxylic acid groups (broad SMARTS) is 1. The minimum atomic E-state index is -1.29. The van der Waals surface area contributed by atoms with Gasteiger partial charge in [0.15, 0.2) is 0 Å². The summed E-state index contributed by atoms with van der Waals surface area (Å²) in [5, 5.41) is 16.2. The average Bonchev–Trinajstić information content (AvgIpc) is 3.76. The van der Waals surface area contributed by atoms with Crippen molar-refractivity contribution in [2.75, 3.05) is 5.73 Å². The molecule has 0 aliphatic rings. The van der Waals surface area contributed by atoms with E-state index in [2.05, 4.69) is 25.6 Å². The Morgan fingerprint density at radius 1 is 0.857 bits per heavy atom. The van der Waals surface area contributed by atoms with Crippen LogP contribution in [0.3, 0.4) is 0 Å². The number of hydrogen-bond acceptors (Lipinski definition) is 7. The summed E-state index contributed by atoms with van der Waals surface area (Å²) in [6, 6.07) is 31.0. The minimum Gasteiger partial charge on any atom is -0.480 e. The Morgan fingerprint density at radius 2 is 1.45 bits per heavy atom. The van der Waals surface area contributed by atoms with Crippen LogP contribution in [0.4, 0.5) is 5.95 Å². The lowest BCUT2D eigenvalue weighted by Gasteiger charge is -2.37. The number of hydrogen-bond donors (Lipinski definition) is 6. The lowest BCUT2D eigenvalue weighted by atomic mass is 9.77. The predicted octanol–water partition coefficient (Wildman–Crippen LogP) is 4.75. The average molecular weight is 675 g/mol. The summed E-state index contributed by atoms with van der Waals surface area (Å²) >= 11 is 1.24. The zero-order valence-electron chi connectivity index (χ0n) is 26.3. The van der Waals surface area contributed by atoms with Crippen LogP contribution in [0.5, 0.6) is 0 Å². The molecule has 12 heteroatoms. The number of aliphatic carboxylic acids is 1. The molecule has 0 aliphatic heterocycles. The molecule has 7 N–H and O–H groups in total. The van der Waals surface area contributed by atoms with E-state index in [1.807, 2.05) is 91.0 Å². The highest BCUT2D eigenvalue weighted by Crippen LogP contribution is 2.37. The molecule has 3 aromatic heterocycles. The van der Waals surface area contributed by atoms with E-state index >= 15 is 0 Å². The third-order valence-electron chi connectivity index (χ3n) is 8.38. The summed E-state index contributed by atoms with van der Waals surface area (Å²) in [6.07, 6.45) is 2.51. The monoisotopic (exact) mass is 674 g/mol. The van der Waals surface area contributed by atoms with Crippen molar-refractivity contribution in [3.63, 3.8) is 0 Å². The number of carbonyl (C=O) groups excluding carboxylic acids is 2. The number of carboxylic acids is 1. The lowest BCUT2D eigenvalue weighted by Crippen LogP contribution is -2.48. The number of aromatic nitrogens is 3. The second-order valence-electron chi connectivity index (χ2n) is 11.6. The Labute approximate surface area is 285 Å². The number of nitrogens with zero attached hydrogens (tertiary/aromatic N) is 1. The third kappa shape index (κ3) is 7.14. The standard InChI is InChI=1S/C37H34N6O5S/c38-36-41-32-31(34(46)42-36)23(22-39-32)16-17-27-18-20-29(49-27)33(45)40-28(35(47)48)19-21-30(44)43-37(24-10-4-1-5-11-24,25-12-6-2-7-13-25)26-14-8-3-9-15-26/h1-15,18,20,22,28H,16-17,19,21H2,(H,40,45)(H,43,44)(H,47,48)(H4,38,39,41,42,46)/t28-/m0/s1. The van der Waals surface area contributed by atoms with Crippen LogP contribution in [-0.2, 0) is 28.0 Å². The molecule has 248 valence electrons. The number of thiophene rings is 1. The molecule has 3 heterocycles. The van der Waals surface area contributed by atoms with Gasteiger partial charge in [0.2, 0.25) is 11.9 Å². The minimum absolute atomic E-state index is 0.0276. The highest BCUT2D eigenvalue weighted by molar-refractivity contribution is 7.14. The molecule has 0 saturated carbocycles. The van der Waals surface area contributed by atoms with Crippen molar-refractivity contribution < 1.29 is 19.5 Å². The van der Waals surface area contributed by atoms with Crippen molar-refractivity contribution in [2.45, 2.75) is 37.3 Å². The fourth-order valence-corrected chi connectivity index (χ4v) is 6.94. The highest BCUT2D eigenvalue weighted by Gasteiger charge is 2.38. The zero-order chi connectivity index (χ0) is 34.4. The van der Waals surface area contributed by atoms with E-state index in [0.717, 1.165) is 27.1 Å². The molecule has 2 amide bonds. The maximum absolute atomic E-state index is 13.7. The van der Waals surface area contributed by atoms with Crippen LogP contribution in [0.15, 0.2) is 114 Å². The number of carbonyl (C=O) groups is 3. The van der Waals surface area contributed by atoms with Gasteiger partial charge in [-0.15, -0.1) is 11.3 Å². The van der Waals surface area contributed by atoms with E-state index in [9.17, 15) is 24.3 Å². The fourth-order valence-electron chi connectivity index (χ4n) is 6.02. The molecule has 0 unspecified atom stereocenters. The van der Waals surface area contributed by atoms with Gasteiger partial charge in [-0.3, -0.25) is 19.4 Å². The third-order valence-corrected chi connectivity index (χ3v) is 9.52. The van der Waals surface area contributed by atoms with Crippen molar-refractivity contribution in [1.29, 1.82) is 0 Å². The number of anilines is 1. The lowest BCUT2D eigenvalue weighted by molar-refractivity contribution is -0.139. The molecule has 6 aromatic rings. The summed E-state index contributed by atoms with van der Waals surface area (Å²) in [5.74, 6) is -2.12. The van der Waals surface area contributed by atoms with Crippen molar-refractivity contribution in [1.82, 2.24) is 25.6 Å². The molecule has 0 radical (unpaired) electrons. The number of benzene rings is 3.